The molecule has 3 heteroatoms. The van der Waals surface area contributed by atoms with Crippen LogP contribution >= 0.6 is 0 Å². The van der Waals surface area contributed by atoms with Gasteiger partial charge in [-0.15, -0.1) is 0 Å². The average Bonchev–Trinajstić information content (AvgIpc) is 2.10. The summed E-state index contributed by atoms with van der Waals surface area (Å²) >= 11 is 0. The minimum Gasteiger partial charge on any atom is -0.388 e. The van der Waals surface area contributed by atoms with Crippen molar-refractivity contribution in [2.75, 3.05) is 27.2 Å². The highest BCUT2D eigenvalue weighted by Gasteiger charge is 2.23. The van der Waals surface area contributed by atoms with Gasteiger partial charge in [0.2, 0.25) is 0 Å². The van der Waals surface area contributed by atoms with E-state index in [0.717, 1.165) is 0 Å². The van der Waals surface area contributed by atoms with Crippen LogP contribution in [0.3, 0.4) is 0 Å². The summed E-state index contributed by atoms with van der Waals surface area (Å²) in [5.41, 5.74) is -0.657. The average molecular weight is 258 g/mol. The molecule has 0 aliphatic rings. The van der Waals surface area contributed by atoms with Gasteiger partial charge in [-0.25, -0.2) is 0 Å². The number of nitrogens with one attached hydrogen (secondary N) is 1. The summed E-state index contributed by atoms with van der Waals surface area (Å²) in [5, 5.41) is 13.8. The Kier molecular flexibility index (Phi) is 8.08. The molecule has 0 fully saturated rings. The van der Waals surface area contributed by atoms with Gasteiger partial charge in [-0.3, -0.25) is 0 Å². The molecule has 110 valence electrons. The molecule has 0 amide bonds. The first-order chi connectivity index (χ1) is 8.12. The second-order valence-corrected chi connectivity index (χ2v) is 7.07. The summed E-state index contributed by atoms with van der Waals surface area (Å²) < 4.78 is 0. The lowest BCUT2D eigenvalue weighted by atomic mass is 9.94. The van der Waals surface area contributed by atoms with Crippen molar-refractivity contribution in [1.29, 1.82) is 0 Å². The summed E-state index contributed by atoms with van der Waals surface area (Å²) in [5.74, 6) is 1.39. The SMILES string of the molecule is CC(C)CC(CC(C)C)NCC(C)(O)CN(C)C. The molecule has 0 aromatic heterocycles. The fraction of sp³-hybridized carbons (Fsp3) is 1.00. The van der Waals surface area contributed by atoms with E-state index in [1.54, 1.807) is 0 Å². The minimum absolute atomic E-state index is 0.513. The Morgan fingerprint density at radius 3 is 1.83 bits per heavy atom. The molecule has 18 heavy (non-hydrogen) atoms. The van der Waals surface area contributed by atoms with Crippen LogP contribution in [0.2, 0.25) is 0 Å². The minimum atomic E-state index is -0.657. The Labute approximate surface area is 114 Å². The van der Waals surface area contributed by atoms with Gasteiger partial charge in [0.1, 0.15) is 0 Å². The van der Waals surface area contributed by atoms with E-state index in [9.17, 15) is 5.11 Å². The van der Waals surface area contributed by atoms with Gasteiger partial charge in [-0.05, 0) is 45.7 Å². The number of hydrogen-bond acceptors (Lipinski definition) is 3. The van der Waals surface area contributed by atoms with Gasteiger partial charge in [0.25, 0.3) is 0 Å². The van der Waals surface area contributed by atoms with Crippen LogP contribution in [0.25, 0.3) is 0 Å². The molecular weight excluding hydrogens is 224 g/mol. The Morgan fingerprint density at radius 1 is 1.06 bits per heavy atom. The highest BCUT2D eigenvalue weighted by atomic mass is 16.3. The molecule has 0 heterocycles. The Hall–Kier alpha value is -0.120. The number of hydrogen-bond donors (Lipinski definition) is 2. The third kappa shape index (κ3) is 9.86. The Balaban J connectivity index is 4.23. The van der Waals surface area contributed by atoms with Gasteiger partial charge in [-0.2, -0.15) is 0 Å². The molecule has 0 spiro atoms. The Morgan fingerprint density at radius 2 is 1.50 bits per heavy atom. The predicted octanol–water partition coefficient (Wildman–Crippen LogP) is 2.35. The van der Waals surface area contributed by atoms with E-state index in [4.69, 9.17) is 0 Å². The van der Waals surface area contributed by atoms with E-state index in [1.165, 1.54) is 12.8 Å². The summed E-state index contributed by atoms with van der Waals surface area (Å²) in [7, 11) is 3.99. The van der Waals surface area contributed by atoms with E-state index in [0.29, 0.717) is 31.0 Å². The van der Waals surface area contributed by atoms with Gasteiger partial charge in [0.05, 0.1) is 5.60 Å². The Bertz CT molecular complexity index is 203. The zero-order valence-corrected chi connectivity index (χ0v) is 13.5. The maximum Gasteiger partial charge on any atom is 0.0869 e. The number of likely N-dealkylation sites (N-methyl/N-ethyl adjacent to an activating group) is 1. The van der Waals surface area contributed by atoms with Crippen LogP contribution in [0.15, 0.2) is 0 Å². The molecule has 0 aliphatic heterocycles. The summed E-state index contributed by atoms with van der Waals surface area (Å²) in [6, 6.07) is 0.513. The van der Waals surface area contributed by atoms with Crippen molar-refractivity contribution in [3.8, 4) is 0 Å². The second kappa shape index (κ2) is 8.13. The molecule has 0 rings (SSSR count). The molecular formula is C15H34N2O. The first kappa shape index (κ1) is 17.9. The van der Waals surface area contributed by atoms with Crippen molar-refractivity contribution < 1.29 is 5.11 Å². The van der Waals surface area contributed by atoms with Crippen LogP contribution in [0.5, 0.6) is 0 Å². The lowest BCUT2D eigenvalue weighted by Gasteiger charge is -2.31. The zero-order valence-electron chi connectivity index (χ0n) is 13.5. The molecule has 1 atom stereocenters. The van der Waals surface area contributed by atoms with E-state index in [1.807, 2.05) is 25.9 Å². The highest BCUT2D eigenvalue weighted by molar-refractivity contribution is 4.81. The molecule has 2 N–H and O–H groups in total. The zero-order chi connectivity index (χ0) is 14.3. The van der Waals surface area contributed by atoms with Crippen molar-refractivity contribution >= 4 is 0 Å². The van der Waals surface area contributed by atoms with Gasteiger partial charge < -0.3 is 15.3 Å². The van der Waals surface area contributed by atoms with Crippen molar-refractivity contribution in [1.82, 2.24) is 10.2 Å². The van der Waals surface area contributed by atoms with E-state index in [2.05, 4.69) is 33.0 Å². The molecule has 0 saturated heterocycles. The van der Waals surface area contributed by atoms with Crippen LogP contribution < -0.4 is 5.32 Å². The van der Waals surface area contributed by atoms with Gasteiger partial charge in [0, 0.05) is 19.1 Å². The summed E-state index contributed by atoms with van der Waals surface area (Å²) in [4.78, 5) is 2.03. The fourth-order valence-electron chi connectivity index (χ4n) is 2.50. The van der Waals surface area contributed by atoms with Crippen molar-refractivity contribution in [2.24, 2.45) is 11.8 Å². The number of aliphatic hydroxyl groups is 1. The smallest absolute Gasteiger partial charge is 0.0869 e. The standard InChI is InChI=1S/C15H34N2O/c1-12(2)8-14(9-13(3)4)16-10-15(5,18)11-17(6)7/h12-14,16,18H,8-11H2,1-7H3. The lowest BCUT2D eigenvalue weighted by molar-refractivity contribution is 0.0300. The first-order valence-corrected chi connectivity index (χ1v) is 7.23. The second-order valence-electron chi connectivity index (χ2n) is 7.07. The molecule has 0 aromatic rings. The van der Waals surface area contributed by atoms with Crippen LogP contribution in [-0.4, -0.2) is 48.8 Å². The predicted molar refractivity (Wildman–Crippen MR) is 79.9 cm³/mol. The van der Waals surface area contributed by atoms with Crippen molar-refractivity contribution in [3.05, 3.63) is 0 Å². The van der Waals surface area contributed by atoms with Crippen LogP contribution in [-0.2, 0) is 0 Å². The summed E-state index contributed by atoms with van der Waals surface area (Å²) in [6.45, 7) is 12.3. The third-order valence-electron chi connectivity index (χ3n) is 2.94. The van der Waals surface area contributed by atoms with Crippen molar-refractivity contribution in [2.45, 2.75) is 59.1 Å². The topological polar surface area (TPSA) is 35.5 Å². The maximum absolute atomic E-state index is 10.3. The van der Waals surface area contributed by atoms with Gasteiger partial charge in [-0.1, -0.05) is 27.7 Å². The monoisotopic (exact) mass is 258 g/mol. The third-order valence-corrected chi connectivity index (χ3v) is 2.94. The van der Waals surface area contributed by atoms with E-state index < -0.39 is 5.60 Å². The van der Waals surface area contributed by atoms with Crippen molar-refractivity contribution in [3.63, 3.8) is 0 Å². The molecule has 3 nitrogen and oxygen atoms in total. The largest absolute Gasteiger partial charge is 0.388 e. The summed E-state index contributed by atoms with van der Waals surface area (Å²) in [6.07, 6.45) is 2.35. The van der Waals surface area contributed by atoms with E-state index >= 15 is 0 Å². The van der Waals surface area contributed by atoms with Crippen LogP contribution in [0.4, 0.5) is 0 Å². The van der Waals surface area contributed by atoms with Gasteiger partial charge in [0.15, 0.2) is 0 Å². The molecule has 0 radical (unpaired) electrons. The highest BCUT2D eigenvalue weighted by Crippen LogP contribution is 2.14. The van der Waals surface area contributed by atoms with Gasteiger partial charge >= 0.3 is 0 Å². The molecule has 1 unspecified atom stereocenters. The molecule has 0 aliphatic carbocycles. The molecule has 0 saturated carbocycles. The number of nitrogens with zero attached hydrogens (tertiary/aromatic N) is 1. The fourth-order valence-corrected chi connectivity index (χ4v) is 2.50. The van der Waals surface area contributed by atoms with E-state index in [-0.39, 0.29) is 0 Å². The molecule has 0 bridgehead atoms. The number of rotatable bonds is 9. The molecule has 0 aromatic carbocycles. The van der Waals surface area contributed by atoms with Crippen LogP contribution in [0.1, 0.15) is 47.5 Å². The quantitative estimate of drug-likeness (QED) is 0.666. The lowest BCUT2D eigenvalue weighted by Crippen LogP contribution is -2.48. The first-order valence-electron chi connectivity index (χ1n) is 7.23. The van der Waals surface area contributed by atoms with Crippen LogP contribution in [0, 0.1) is 11.8 Å². The maximum atomic E-state index is 10.3. The normalized spacial score (nSPS) is 16.0.